The fraction of sp³-hybridized carbons (Fsp3) is 0.295. The van der Waals surface area contributed by atoms with Crippen LogP contribution in [0.5, 0.6) is 11.5 Å². The van der Waals surface area contributed by atoms with Crippen molar-refractivity contribution in [2.24, 2.45) is 0 Å². The number of nitrogens with one attached hydrogen (secondary N) is 2. The highest BCUT2D eigenvalue weighted by Crippen LogP contribution is 2.38. The second-order valence-corrected chi connectivity index (χ2v) is 14.3. The molecule has 0 amide bonds. The third-order valence-corrected chi connectivity index (χ3v) is 10.3. The van der Waals surface area contributed by atoms with E-state index in [2.05, 4.69) is 78.0 Å². The van der Waals surface area contributed by atoms with Crippen molar-refractivity contribution < 1.29 is 29.6 Å². The second-order valence-electron chi connectivity index (χ2n) is 13.9. The summed E-state index contributed by atoms with van der Waals surface area (Å²) in [5, 5.41) is 44.5. The average molecular weight is 761 g/mol. The molecule has 2 atom stereocenters. The molecule has 1 unspecified atom stereocenters. The number of aromatic nitrogens is 1. The van der Waals surface area contributed by atoms with Crippen LogP contribution in [0.4, 0.5) is 0 Å². The van der Waals surface area contributed by atoms with Crippen LogP contribution < -0.4 is 20.1 Å². The van der Waals surface area contributed by atoms with Crippen LogP contribution in [0.25, 0.3) is 22.3 Å². The molecule has 1 heterocycles. The van der Waals surface area contributed by atoms with Gasteiger partial charge in [-0.15, -0.1) is 0 Å². The van der Waals surface area contributed by atoms with E-state index in [4.69, 9.17) is 26.2 Å². The lowest BCUT2D eigenvalue weighted by molar-refractivity contribution is -0.139. The first-order valence-corrected chi connectivity index (χ1v) is 18.7. The van der Waals surface area contributed by atoms with Gasteiger partial charge in [0.15, 0.2) is 0 Å². The third-order valence-electron chi connectivity index (χ3n) is 9.99. The number of pyridine rings is 1. The van der Waals surface area contributed by atoms with Gasteiger partial charge in [0.25, 0.3) is 0 Å². The summed E-state index contributed by atoms with van der Waals surface area (Å²) in [4.78, 5) is 15.1. The predicted octanol–water partition coefficient (Wildman–Crippen LogP) is 6.69. The van der Waals surface area contributed by atoms with Gasteiger partial charge < -0.3 is 35.4 Å². The summed E-state index contributed by atoms with van der Waals surface area (Å²) in [6, 6.07) is 27.0. The van der Waals surface area contributed by atoms with Gasteiger partial charge in [0, 0.05) is 55.3 Å². The SMILES string of the molecule is Cc1c(COc2cc(OCc3cncc(C#N)c3)c(CNC[C@@H](O)CC(=O)O)cc2Cl)cccc1-c1cccc(-c2ccc3c(c2)CC(NCCO)C3)c1C. The molecular weight excluding hydrogens is 716 g/mol. The second kappa shape index (κ2) is 18.4. The van der Waals surface area contributed by atoms with E-state index >= 15 is 0 Å². The molecule has 0 spiro atoms. The van der Waals surface area contributed by atoms with Gasteiger partial charge in [0.1, 0.15) is 30.8 Å². The summed E-state index contributed by atoms with van der Waals surface area (Å²) in [5.74, 6) is -0.190. The molecule has 0 saturated carbocycles. The Labute approximate surface area is 326 Å². The molecule has 0 fully saturated rings. The summed E-state index contributed by atoms with van der Waals surface area (Å²) in [5.41, 5.74) is 12.4. The zero-order valence-electron chi connectivity index (χ0n) is 30.9. The normalized spacial score (nSPS) is 13.9. The van der Waals surface area contributed by atoms with Gasteiger partial charge >= 0.3 is 5.97 Å². The van der Waals surface area contributed by atoms with Crippen LogP contribution in [0.2, 0.25) is 5.02 Å². The highest BCUT2D eigenvalue weighted by Gasteiger charge is 2.22. The molecule has 1 aliphatic carbocycles. The minimum atomic E-state index is -1.08. The summed E-state index contributed by atoms with van der Waals surface area (Å²) < 4.78 is 12.6. The van der Waals surface area contributed by atoms with Crippen molar-refractivity contribution in [1.82, 2.24) is 15.6 Å². The maximum atomic E-state index is 11.0. The number of carboxylic acid groups (broad SMARTS) is 1. The lowest BCUT2D eigenvalue weighted by atomic mass is 9.89. The molecule has 5 N–H and O–H groups in total. The quantitative estimate of drug-likeness (QED) is 0.0692. The number of nitriles is 1. The zero-order valence-corrected chi connectivity index (χ0v) is 31.7. The molecule has 1 aliphatic rings. The number of rotatable bonds is 17. The molecule has 0 bridgehead atoms. The van der Waals surface area contributed by atoms with Gasteiger partial charge in [0.2, 0.25) is 0 Å². The largest absolute Gasteiger partial charge is 0.488 e. The smallest absolute Gasteiger partial charge is 0.306 e. The molecule has 0 radical (unpaired) electrons. The minimum absolute atomic E-state index is 0.0608. The van der Waals surface area contributed by atoms with E-state index in [-0.39, 0.29) is 39.3 Å². The summed E-state index contributed by atoms with van der Waals surface area (Å²) >= 11 is 6.77. The Hall–Kier alpha value is -5.28. The first-order chi connectivity index (χ1) is 26.6. The molecule has 55 heavy (non-hydrogen) atoms. The van der Waals surface area contributed by atoms with Crippen molar-refractivity contribution in [3.63, 3.8) is 0 Å². The molecule has 5 aromatic rings. The molecule has 10 nitrogen and oxygen atoms in total. The number of aliphatic hydroxyl groups is 2. The average Bonchev–Trinajstić information content (AvgIpc) is 3.59. The monoisotopic (exact) mass is 760 g/mol. The highest BCUT2D eigenvalue weighted by molar-refractivity contribution is 6.32. The van der Waals surface area contributed by atoms with Crippen LogP contribution in [-0.2, 0) is 37.4 Å². The first-order valence-electron chi connectivity index (χ1n) is 18.3. The number of carbonyl (C=O) groups is 1. The van der Waals surface area contributed by atoms with Crippen molar-refractivity contribution in [1.29, 1.82) is 5.26 Å². The Bertz CT molecular complexity index is 2200. The number of halogens is 1. The zero-order chi connectivity index (χ0) is 38.9. The van der Waals surface area contributed by atoms with Crippen molar-refractivity contribution in [3.8, 4) is 39.8 Å². The van der Waals surface area contributed by atoms with E-state index in [0.717, 1.165) is 35.1 Å². The molecule has 1 aromatic heterocycles. The Morgan fingerprint density at radius 1 is 0.927 bits per heavy atom. The molecule has 6 rings (SSSR count). The van der Waals surface area contributed by atoms with E-state index in [1.165, 1.54) is 34.0 Å². The number of hydrogen-bond donors (Lipinski definition) is 5. The molecule has 284 valence electrons. The predicted molar refractivity (Wildman–Crippen MR) is 212 cm³/mol. The van der Waals surface area contributed by atoms with Crippen LogP contribution in [0.3, 0.4) is 0 Å². The molecule has 0 aliphatic heterocycles. The minimum Gasteiger partial charge on any atom is -0.488 e. The number of ether oxygens (including phenoxy) is 2. The number of hydrogen-bond acceptors (Lipinski definition) is 9. The van der Waals surface area contributed by atoms with Gasteiger partial charge in [-0.1, -0.05) is 66.2 Å². The summed E-state index contributed by atoms with van der Waals surface area (Å²) in [7, 11) is 0. The van der Waals surface area contributed by atoms with E-state index in [9.17, 15) is 20.3 Å². The van der Waals surface area contributed by atoms with E-state index in [0.29, 0.717) is 45.8 Å². The third kappa shape index (κ3) is 9.89. The van der Waals surface area contributed by atoms with Crippen LogP contribution in [0, 0.1) is 25.2 Å². The van der Waals surface area contributed by atoms with Crippen LogP contribution in [-0.4, -0.2) is 58.1 Å². The summed E-state index contributed by atoms with van der Waals surface area (Å²) in [6.07, 6.45) is 3.60. The van der Waals surface area contributed by atoms with Gasteiger partial charge in [-0.05, 0) is 88.9 Å². The van der Waals surface area contributed by atoms with Gasteiger partial charge in [-0.3, -0.25) is 9.78 Å². The Balaban J connectivity index is 1.21. The Morgan fingerprint density at radius 3 is 2.45 bits per heavy atom. The van der Waals surface area contributed by atoms with Crippen molar-refractivity contribution in [2.45, 2.75) is 65.0 Å². The van der Waals surface area contributed by atoms with Crippen molar-refractivity contribution in [2.75, 3.05) is 19.7 Å². The molecule has 4 aromatic carbocycles. The van der Waals surface area contributed by atoms with E-state index in [1.807, 2.05) is 12.1 Å². The number of benzene rings is 4. The molecule has 11 heteroatoms. The van der Waals surface area contributed by atoms with Crippen LogP contribution in [0.15, 0.2) is 85.2 Å². The number of fused-ring (bicyclic) bond motifs is 1. The fourth-order valence-electron chi connectivity index (χ4n) is 7.12. The Kier molecular flexibility index (Phi) is 13.2. The van der Waals surface area contributed by atoms with Crippen LogP contribution in [0.1, 0.15) is 50.9 Å². The van der Waals surface area contributed by atoms with E-state index < -0.39 is 12.1 Å². The maximum Gasteiger partial charge on any atom is 0.306 e. The van der Waals surface area contributed by atoms with Crippen molar-refractivity contribution in [3.05, 3.63) is 135 Å². The standard InChI is InChI=1S/C44H45ClN4O6/c1-27-33(5-3-7-39(27)40-8-4-6-38(28(40)2)32-10-9-31-15-36(49-11-12-50)16-34(31)14-32)26-55-43-19-42(54-25-30-13-29(20-46)21-47-22-30)35(17-41(43)45)23-48-24-37(51)18-44(52)53/h3-10,13-14,17,19,21-22,36-37,48-51H,11-12,15-16,18,23-26H2,1-2H3,(H,52,53)/t36?,37-/m0/s1. The number of aliphatic hydroxyl groups excluding tert-OH is 2. The van der Waals surface area contributed by atoms with Gasteiger partial charge in [-0.25, -0.2) is 0 Å². The van der Waals surface area contributed by atoms with E-state index in [1.54, 1.807) is 24.4 Å². The lowest BCUT2D eigenvalue weighted by Gasteiger charge is -2.19. The molecule has 0 saturated heterocycles. The highest BCUT2D eigenvalue weighted by atomic mass is 35.5. The lowest BCUT2D eigenvalue weighted by Crippen LogP contribution is -2.31. The number of carboxylic acids is 1. The number of aliphatic carboxylic acids is 1. The summed E-state index contributed by atoms with van der Waals surface area (Å²) in [6.45, 7) is 5.70. The fourth-order valence-corrected chi connectivity index (χ4v) is 7.36. The van der Waals surface area contributed by atoms with Crippen molar-refractivity contribution >= 4 is 17.6 Å². The maximum absolute atomic E-state index is 11.0. The first kappa shape index (κ1) is 39.4. The van der Waals surface area contributed by atoms with Crippen LogP contribution >= 0.6 is 11.6 Å². The van der Waals surface area contributed by atoms with Gasteiger partial charge in [-0.2, -0.15) is 5.26 Å². The Morgan fingerprint density at radius 2 is 1.67 bits per heavy atom. The number of nitrogens with zero attached hydrogens (tertiary/aromatic N) is 2. The van der Waals surface area contributed by atoms with Gasteiger partial charge in [0.05, 0.1) is 29.7 Å². The molecular formula is C44H45ClN4O6. The topological polar surface area (TPSA) is 157 Å².